The van der Waals surface area contributed by atoms with E-state index >= 15 is 0 Å². The molecule has 3 rings (SSSR count). The second-order valence-electron chi connectivity index (χ2n) is 4.14. The molecule has 0 nitrogen and oxygen atoms in total. The second kappa shape index (κ2) is 2.65. The summed E-state index contributed by atoms with van der Waals surface area (Å²) in [6.07, 6.45) is 0.529. The van der Waals surface area contributed by atoms with E-state index in [2.05, 4.69) is 0 Å². The van der Waals surface area contributed by atoms with Crippen molar-refractivity contribution in [2.24, 2.45) is 0 Å². The molecule has 2 atom stereocenters. The molecule has 2 unspecified atom stereocenters. The summed E-state index contributed by atoms with van der Waals surface area (Å²) in [5, 5.41) is 0. The maximum Gasteiger partial charge on any atom is 0.416 e. The molecule has 2 bridgehead atoms. The van der Waals surface area contributed by atoms with Gasteiger partial charge in [-0.15, -0.1) is 0 Å². The lowest BCUT2D eigenvalue weighted by Crippen LogP contribution is -2.11. The van der Waals surface area contributed by atoms with E-state index < -0.39 is 11.7 Å². The number of hydrogen-bond donors (Lipinski definition) is 0. The minimum atomic E-state index is -4.22. The van der Waals surface area contributed by atoms with Crippen LogP contribution in [-0.4, -0.2) is 0 Å². The van der Waals surface area contributed by atoms with Crippen LogP contribution in [0.15, 0.2) is 30.4 Å². The van der Waals surface area contributed by atoms with E-state index in [1.807, 2.05) is 18.2 Å². The van der Waals surface area contributed by atoms with E-state index in [-0.39, 0.29) is 11.8 Å². The van der Waals surface area contributed by atoms with Gasteiger partial charge in [-0.3, -0.25) is 0 Å². The summed E-state index contributed by atoms with van der Waals surface area (Å²) in [4.78, 5) is 0. The summed E-state index contributed by atoms with van der Waals surface area (Å²) >= 11 is 0. The molecule has 15 heavy (non-hydrogen) atoms. The molecule has 1 aromatic rings. The van der Waals surface area contributed by atoms with Crippen molar-refractivity contribution in [1.29, 1.82) is 0 Å². The number of alkyl halides is 3. The molecule has 0 fully saturated rings. The molecule has 0 aromatic heterocycles. The van der Waals surface area contributed by atoms with Crippen LogP contribution in [0.5, 0.6) is 0 Å². The van der Waals surface area contributed by atoms with Gasteiger partial charge in [-0.2, -0.15) is 13.2 Å². The lowest BCUT2D eigenvalue weighted by Gasteiger charge is -2.17. The summed E-state index contributed by atoms with van der Waals surface area (Å²) in [5.41, 5.74) is 0.937. The smallest absolute Gasteiger partial charge is 0.166 e. The van der Waals surface area contributed by atoms with Gasteiger partial charge in [0.05, 0.1) is 5.56 Å². The molecule has 1 aromatic carbocycles. The zero-order chi connectivity index (χ0) is 10.6. The number of benzene rings is 1. The van der Waals surface area contributed by atoms with E-state index in [9.17, 15) is 13.2 Å². The van der Waals surface area contributed by atoms with E-state index in [1.54, 1.807) is 0 Å². The van der Waals surface area contributed by atoms with Crippen molar-refractivity contribution in [3.8, 4) is 0 Å². The molecule has 2 aliphatic carbocycles. The van der Waals surface area contributed by atoms with E-state index in [4.69, 9.17) is 0 Å². The monoisotopic (exact) mass is 210 g/mol. The van der Waals surface area contributed by atoms with Gasteiger partial charge in [-0.25, -0.2) is 0 Å². The standard InChI is InChI=1S/C12H9F3/c13-12(14,15)10-3-1-2-9-7-4-5-8(6-7)11(9)10/h1-5,7-8H,6H2. The van der Waals surface area contributed by atoms with Gasteiger partial charge in [-0.05, 0) is 23.6 Å². The predicted octanol–water partition coefficient (Wildman–Crippen LogP) is 3.85. The van der Waals surface area contributed by atoms with Crippen LogP contribution in [0.2, 0.25) is 0 Å². The van der Waals surface area contributed by atoms with Crippen LogP contribution >= 0.6 is 0 Å². The molecule has 0 saturated heterocycles. The van der Waals surface area contributed by atoms with Gasteiger partial charge in [0, 0.05) is 11.8 Å². The first-order chi connectivity index (χ1) is 7.07. The average Bonchev–Trinajstić information content (AvgIpc) is 2.76. The summed E-state index contributed by atoms with van der Waals surface area (Å²) in [6.45, 7) is 0. The van der Waals surface area contributed by atoms with Gasteiger partial charge in [0.1, 0.15) is 0 Å². The SMILES string of the molecule is FC(F)(F)c1cccc2c1C1C=CC2C1. The molecule has 0 N–H and O–H groups in total. The van der Waals surface area contributed by atoms with Gasteiger partial charge in [0.15, 0.2) is 0 Å². The summed E-state index contributed by atoms with van der Waals surface area (Å²) in [7, 11) is 0. The van der Waals surface area contributed by atoms with Crippen molar-refractivity contribution in [3.63, 3.8) is 0 Å². The first-order valence-electron chi connectivity index (χ1n) is 4.95. The molecule has 0 spiro atoms. The number of fused-ring (bicyclic) bond motifs is 5. The minimum absolute atomic E-state index is 0.0113. The normalized spacial score (nSPS) is 27.1. The van der Waals surface area contributed by atoms with Crippen molar-refractivity contribution < 1.29 is 13.2 Å². The van der Waals surface area contributed by atoms with Crippen LogP contribution in [0.3, 0.4) is 0 Å². The van der Waals surface area contributed by atoms with Crippen LogP contribution in [-0.2, 0) is 6.18 Å². The van der Waals surface area contributed by atoms with Gasteiger partial charge in [-0.1, -0.05) is 24.3 Å². The zero-order valence-electron chi connectivity index (χ0n) is 7.88. The number of allylic oxidation sites excluding steroid dienone is 2. The van der Waals surface area contributed by atoms with Crippen LogP contribution in [0.4, 0.5) is 13.2 Å². The maximum absolute atomic E-state index is 12.7. The third-order valence-electron chi connectivity index (χ3n) is 3.30. The van der Waals surface area contributed by atoms with Crippen LogP contribution in [0.1, 0.15) is 34.9 Å². The van der Waals surface area contributed by atoms with E-state index in [0.717, 1.165) is 12.0 Å². The summed E-state index contributed by atoms with van der Waals surface area (Å²) in [6, 6.07) is 4.52. The molecule has 3 heteroatoms. The Labute approximate surface area is 85.4 Å². The molecule has 0 saturated carbocycles. The molecule has 0 amide bonds. The molecule has 0 aliphatic heterocycles. The van der Waals surface area contributed by atoms with Crippen molar-refractivity contribution in [2.45, 2.75) is 24.4 Å². The number of halogens is 3. The molecular weight excluding hydrogens is 201 g/mol. The van der Waals surface area contributed by atoms with Gasteiger partial charge < -0.3 is 0 Å². The van der Waals surface area contributed by atoms with Gasteiger partial charge >= 0.3 is 6.18 Å². The van der Waals surface area contributed by atoms with Crippen LogP contribution < -0.4 is 0 Å². The topological polar surface area (TPSA) is 0 Å². The van der Waals surface area contributed by atoms with E-state index in [0.29, 0.717) is 5.56 Å². The maximum atomic E-state index is 12.7. The second-order valence-corrected chi connectivity index (χ2v) is 4.14. The third-order valence-corrected chi connectivity index (χ3v) is 3.30. The number of hydrogen-bond acceptors (Lipinski definition) is 0. The largest absolute Gasteiger partial charge is 0.416 e. The van der Waals surface area contributed by atoms with Gasteiger partial charge in [0.2, 0.25) is 0 Å². The Kier molecular flexibility index (Phi) is 1.59. The number of rotatable bonds is 0. The molecule has 0 heterocycles. The Hall–Kier alpha value is -1.25. The lowest BCUT2D eigenvalue weighted by molar-refractivity contribution is -0.138. The highest BCUT2D eigenvalue weighted by molar-refractivity contribution is 5.52. The van der Waals surface area contributed by atoms with Crippen LogP contribution in [0, 0.1) is 0 Å². The predicted molar refractivity (Wildman–Crippen MR) is 50.7 cm³/mol. The van der Waals surface area contributed by atoms with Crippen LogP contribution in [0.25, 0.3) is 0 Å². The Morgan fingerprint density at radius 2 is 1.80 bits per heavy atom. The molecular formula is C12H9F3. The zero-order valence-corrected chi connectivity index (χ0v) is 7.88. The quantitative estimate of drug-likeness (QED) is 0.570. The first kappa shape index (κ1) is 9.01. The minimum Gasteiger partial charge on any atom is -0.166 e. The summed E-state index contributed by atoms with van der Waals surface area (Å²) < 4.78 is 38.2. The average molecular weight is 210 g/mol. The van der Waals surface area contributed by atoms with Crippen molar-refractivity contribution in [1.82, 2.24) is 0 Å². The Morgan fingerprint density at radius 3 is 2.53 bits per heavy atom. The highest BCUT2D eigenvalue weighted by Gasteiger charge is 2.41. The lowest BCUT2D eigenvalue weighted by atomic mass is 9.92. The van der Waals surface area contributed by atoms with Crippen molar-refractivity contribution in [2.75, 3.05) is 0 Å². The Balaban J connectivity index is 2.22. The third kappa shape index (κ3) is 1.15. The fourth-order valence-electron chi connectivity index (χ4n) is 2.71. The molecule has 2 aliphatic rings. The molecule has 0 radical (unpaired) electrons. The van der Waals surface area contributed by atoms with Crippen molar-refractivity contribution >= 4 is 0 Å². The van der Waals surface area contributed by atoms with Crippen molar-refractivity contribution in [3.05, 3.63) is 47.0 Å². The van der Waals surface area contributed by atoms with E-state index in [1.165, 1.54) is 12.1 Å². The Bertz CT molecular complexity index is 443. The Morgan fingerprint density at radius 1 is 1.07 bits per heavy atom. The highest BCUT2D eigenvalue weighted by Crippen LogP contribution is 2.52. The van der Waals surface area contributed by atoms with Gasteiger partial charge in [0.25, 0.3) is 0 Å². The molecule has 78 valence electrons. The highest BCUT2D eigenvalue weighted by atomic mass is 19.4. The summed E-state index contributed by atoms with van der Waals surface area (Å²) in [5.74, 6) is 0.204. The fraction of sp³-hybridized carbons (Fsp3) is 0.333. The first-order valence-corrected chi connectivity index (χ1v) is 4.95. The fourth-order valence-corrected chi connectivity index (χ4v) is 2.71.